The molecule has 0 bridgehead atoms. The number of hydrogen-bond donors (Lipinski definition) is 1. The van der Waals surface area contributed by atoms with Crippen LogP contribution in [0.3, 0.4) is 0 Å². The second-order valence-electron chi connectivity index (χ2n) is 5.58. The molecule has 0 radical (unpaired) electrons. The van der Waals surface area contributed by atoms with Gasteiger partial charge in [-0.25, -0.2) is 0 Å². The molecule has 21 heavy (non-hydrogen) atoms. The van der Waals surface area contributed by atoms with Gasteiger partial charge in [0.1, 0.15) is 5.75 Å². The summed E-state index contributed by atoms with van der Waals surface area (Å²) in [5, 5.41) is 4.54. The van der Waals surface area contributed by atoms with Crippen molar-refractivity contribution >= 4 is 32.5 Å². The smallest absolute Gasteiger partial charge is 0.130 e. The topological polar surface area (TPSA) is 34.2 Å². The van der Waals surface area contributed by atoms with E-state index >= 15 is 0 Å². The molecule has 1 heterocycles. The number of aromatic nitrogens is 1. The predicted octanol–water partition coefficient (Wildman–Crippen LogP) is 5.10. The third kappa shape index (κ3) is 2.73. The van der Waals surface area contributed by atoms with Gasteiger partial charge >= 0.3 is 0 Å². The zero-order valence-corrected chi connectivity index (χ0v) is 14.2. The van der Waals surface area contributed by atoms with Crippen LogP contribution in [0.25, 0.3) is 10.9 Å². The first-order valence-electron chi connectivity index (χ1n) is 7.65. The normalized spacial score (nSPS) is 15.6. The van der Waals surface area contributed by atoms with Crippen molar-refractivity contribution in [3.05, 3.63) is 28.4 Å². The molecule has 3 nitrogen and oxygen atoms in total. The Morgan fingerprint density at radius 3 is 2.76 bits per heavy atom. The number of fused-ring (bicyclic) bond motifs is 1. The van der Waals surface area contributed by atoms with Crippen LogP contribution >= 0.6 is 15.9 Å². The molecule has 2 aromatic rings. The maximum Gasteiger partial charge on any atom is 0.130 e. The Kier molecular flexibility index (Phi) is 4.34. The van der Waals surface area contributed by atoms with Crippen molar-refractivity contribution < 1.29 is 4.74 Å². The molecule has 1 aliphatic carbocycles. The van der Waals surface area contributed by atoms with Crippen molar-refractivity contribution in [1.29, 1.82) is 0 Å². The fourth-order valence-corrected chi connectivity index (χ4v) is 3.65. The molecule has 0 amide bonds. The zero-order chi connectivity index (χ0) is 14.8. The van der Waals surface area contributed by atoms with Gasteiger partial charge in [0.25, 0.3) is 0 Å². The van der Waals surface area contributed by atoms with Crippen molar-refractivity contribution in [2.75, 3.05) is 19.0 Å². The molecule has 1 aromatic heterocycles. The van der Waals surface area contributed by atoms with Crippen LogP contribution in [-0.4, -0.2) is 18.6 Å². The van der Waals surface area contributed by atoms with Gasteiger partial charge in [-0.05, 0) is 53.9 Å². The number of benzene rings is 1. The minimum absolute atomic E-state index is 0.602. The number of ether oxygens (including phenoxy) is 1. The number of hydrogen-bond acceptors (Lipinski definition) is 3. The monoisotopic (exact) mass is 348 g/mol. The summed E-state index contributed by atoms with van der Waals surface area (Å²) in [5.74, 6) is 1.47. The number of nitrogens with one attached hydrogen (secondary N) is 1. The molecule has 1 fully saturated rings. The molecule has 1 aliphatic rings. The number of halogens is 1. The van der Waals surface area contributed by atoms with Crippen LogP contribution in [0.2, 0.25) is 0 Å². The Balaban J connectivity index is 2.22. The van der Waals surface area contributed by atoms with E-state index in [1.807, 2.05) is 12.1 Å². The van der Waals surface area contributed by atoms with Gasteiger partial charge in [-0.2, -0.15) is 0 Å². The number of nitrogens with zero attached hydrogens (tertiary/aromatic N) is 1. The molecule has 112 valence electrons. The summed E-state index contributed by atoms with van der Waals surface area (Å²) in [6.45, 7) is 3.00. The van der Waals surface area contributed by atoms with Crippen molar-refractivity contribution in [3.63, 3.8) is 0 Å². The lowest BCUT2D eigenvalue weighted by Crippen LogP contribution is -2.04. The first-order valence-corrected chi connectivity index (χ1v) is 8.45. The van der Waals surface area contributed by atoms with Crippen LogP contribution in [0, 0.1) is 0 Å². The van der Waals surface area contributed by atoms with Gasteiger partial charge in [-0.3, -0.25) is 4.98 Å². The molecular weight excluding hydrogens is 328 g/mol. The van der Waals surface area contributed by atoms with Crippen molar-refractivity contribution in [2.45, 2.75) is 38.5 Å². The fourth-order valence-electron chi connectivity index (χ4n) is 3.23. The number of methoxy groups -OCH3 is 1. The van der Waals surface area contributed by atoms with Gasteiger partial charge in [0.15, 0.2) is 0 Å². The van der Waals surface area contributed by atoms with E-state index in [0.717, 1.165) is 33.4 Å². The van der Waals surface area contributed by atoms with Crippen molar-refractivity contribution in [2.24, 2.45) is 0 Å². The van der Waals surface area contributed by atoms with E-state index in [1.165, 1.54) is 31.4 Å². The Hall–Kier alpha value is -1.29. The van der Waals surface area contributed by atoms with Crippen LogP contribution in [0.1, 0.15) is 44.2 Å². The van der Waals surface area contributed by atoms with E-state index in [9.17, 15) is 0 Å². The lowest BCUT2D eigenvalue weighted by Gasteiger charge is -2.17. The molecule has 0 spiro atoms. The molecule has 0 aliphatic heterocycles. The lowest BCUT2D eigenvalue weighted by molar-refractivity contribution is 0.420. The highest BCUT2D eigenvalue weighted by atomic mass is 79.9. The van der Waals surface area contributed by atoms with E-state index in [-0.39, 0.29) is 0 Å². The van der Waals surface area contributed by atoms with Gasteiger partial charge in [-0.1, -0.05) is 12.8 Å². The van der Waals surface area contributed by atoms with Crippen LogP contribution in [0.15, 0.2) is 22.7 Å². The van der Waals surface area contributed by atoms with E-state index in [4.69, 9.17) is 9.72 Å². The zero-order valence-electron chi connectivity index (χ0n) is 12.6. The van der Waals surface area contributed by atoms with E-state index in [1.54, 1.807) is 7.11 Å². The summed E-state index contributed by atoms with van der Waals surface area (Å²) >= 11 is 3.64. The van der Waals surface area contributed by atoms with Gasteiger partial charge in [-0.15, -0.1) is 0 Å². The average molecular weight is 349 g/mol. The van der Waals surface area contributed by atoms with Crippen LogP contribution < -0.4 is 10.1 Å². The predicted molar refractivity (Wildman–Crippen MR) is 91.4 cm³/mol. The van der Waals surface area contributed by atoms with Gasteiger partial charge in [0, 0.05) is 28.3 Å². The van der Waals surface area contributed by atoms with E-state index < -0.39 is 0 Å². The Labute approximate surface area is 134 Å². The molecule has 1 saturated carbocycles. The molecule has 0 unspecified atom stereocenters. The van der Waals surface area contributed by atoms with Crippen LogP contribution in [0.5, 0.6) is 5.75 Å². The minimum Gasteiger partial charge on any atom is -0.496 e. The standard InChI is InChI=1S/C17H21BrN2O/c1-3-19-14-10-13(11-6-4-5-7-11)20-17-12(18)8-9-15(21-2)16(14)17/h8-11H,3-7H2,1-2H3,(H,19,20). The summed E-state index contributed by atoms with van der Waals surface area (Å²) < 4.78 is 6.56. The second kappa shape index (κ2) is 6.22. The summed E-state index contributed by atoms with van der Waals surface area (Å²) in [6, 6.07) is 6.23. The minimum atomic E-state index is 0.602. The van der Waals surface area contributed by atoms with Crippen LogP contribution in [0.4, 0.5) is 5.69 Å². The fraction of sp³-hybridized carbons (Fsp3) is 0.471. The summed E-state index contributed by atoms with van der Waals surface area (Å²) in [6.07, 6.45) is 5.15. The number of pyridine rings is 1. The summed E-state index contributed by atoms with van der Waals surface area (Å²) in [5.41, 5.74) is 3.34. The second-order valence-corrected chi connectivity index (χ2v) is 6.43. The third-order valence-electron chi connectivity index (χ3n) is 4.25. The highest BCUT2D eigenvalue weighted by molar-refractivity contribution is 9.10. The first kappa shape index (κ1) is 14.6. The first-order chi connectivity index (χ1) is 10.2. The van der Waals surface area contributed by atoms with E-state index in [0.29, 0.717) is 5.92 Å². The molecular formula is C17H21BrN2O. The average Bonchev–Trinajstić information content (AvgIpc) is 3.02. The Morgan fingerprint density at radius 2 is 2.10 bits per heavy atom. The third-order valence-corrected chi connectivity index (χ3v) is 4.89. The Morgan fingerprint density at radius 1 is 1.33 bits per heavy atom. The molecule has 0 atom stereocenters. The largest absolute Gasteiger partial charge is 0.496 e. The maximum absolute atomic E-state index is 5.53. The summed E-state index contributed by atoms with van der Waals surface area (Å²) in [7, 11) is 1.71. The molecule has 4 heteroatoms. The molecule has 3 rings (SSSR count). The maximum atomic E-state index is 5.53. The number of anilines is 1. The highest BCUT2D eigenvalue weighted by Gasteiger charge is 2.21. The van der Waals surface area contributed by atoms with Gasteiger partial charge in [0.2, 0.25) is 0 Å². The highest BCUT2D eigenvalue weighted by Crippen LogP contribution is 2.40. The van der Waals surface area contributed by atoms with Gasteiger partial charge in [0.05, 0.1) is 18.0 Å². The molecule has 1 aromatic carbocycles. The van der Waals surface area contributed by atoms with Crippen molar-refractivity contribution in [1.82, 2.24) is 4.98 Å². The lowest BCUT2D eigenvalue weighted by atomic mass is 10.0. The van der Waals surface area contributed by atoms with Crippen LogP contribution in [-0.2, 0) is 0 Å². The number of rotatable bonds is 4. The summed E-state index contributed by atoms with van der Waals surface area (Å²) in [4.78, 5) is 4.94. The molecule has 1 N–H and O–H groups in total. The Bertz CT molecular complexity index is 651. The van der Waals surface area contributed by atoms with Gasteiger partial charge < -0.3 is 10.1 Å². The van der Waals surface area contributed by atoms with E-state index in [2.05, 4.69) is 34.2 Å². The molecule has 0 saturated heterocycles. The quantitative estimate of drug-likeness (QED) is 0.834. The van der Waals surface area contributed by atoms with Crippen molar-refractivity contribution in [3.8, 4) is 5.75 Å². The SMILES string of the molecule is CCNc1cc(C2CCCC2)nc2c(Br)ccc(OC)c12.